The molecule has 0 unspecified atom stereocenters. The van der Waals surface area contributed by atoms with Crippen LogP contribution in [0.15, 0.2) is 0 Å². The lowest BCUT2D eigenvalue weighted by Gasteiger charge is -2.50. The van der Waals surface area contributed by atoms with Gasteiger partial charge in [-0.15, -0.1) is 0 Å². The van der Waals surface area contributed by atoms with Crippen molar-refractivity contribution in [3.8, 4) is 0 Å². The van der Waals surface area contributed by atoms with E-state index in [9.17, 15) is 30.0 Å². The minimum absolute atomic E-state index is 0.111. The van der Waals surface area contributed by atoms with E-state index in [0.29, 0.717) is 6.42 Å². The van der Waals surface area contributed by atoms with Crippen LogP contribution in [0.3, 0.4) is 0 Å². The van der Waals surface area contributed by atoms with Crippen molar-refractivity contribution < 1.29 is 68.3 Å². The Balaban J connectivity index is 0.00000337. The average Bonchev–Trinajstić information content (AvgIpc) is 3.12. The van der Waals surface area contributed by atoms with Gasteiger partial charge in [0, 0.05) is 51.0 Å². The fourth-order valence-electron chi connectivity index (χ4n) is 8.58. The number of hydrogen-bond acceptors (Lipinski definition) is 15. The van der Waals surface area contributed by atoms with Crippen molar-refractivity contribution in [2.24, 2.45) is 23.7 Å². The van der Waals surface area contributed by atoms with Crippen LogP contribution in [0, 0.1) is 23.7 Å². The number of aliphatic hydroxyl groups is 5. The van der Waals surface area contributed by atoms with Gasteiger partial charge in [0.1, 0.15) is 29.7 Å². The Labute approximate surface area is 329 Å². The van der Waals surface area contributed by atoms with Crippen LogP contribution >= 0.6 is 0 Å². The van der Waals surface area contributed by atoms with Gasteiger partial charge in [0.05, 0.1) is 47.6 Å². The van der Waals surface area contributed by atoms with Crippen LogP contribution in [-0.2, 0) is 42.7 Å². The van der Waals surface area contributed by atoms with Gasteiger partial charge >= 0.3 is 5.97 Å². The van der Waals surface area contributed by atoms with Gasteiger partial charge in [-0.25, -0.2) is 0 Å². The summed E-state index contributed by atoms with van der Waals surface area (Å²) in [4.78, 5) is 30.1. The molecule has 15 nitrogen and oxygen atoms in total. The maximum absolute atomic E-state index is 14.2. The Bertz CT molecular complexity index is 1210. The Morgan fingerprint density at radius 2 is 1.40 bits per heavy atom. The van der Waals surface area contributed by atoms with E-state index < -0.39 is 102 Å². The van der Waals surface area contributed by atoms with Gasteiger partial charge in [-0.05, 0) is 81.8 Å². The fourth-order valence-corrected chi connectivity index (χ4v) is 8.58. The second-order valence-electron chi connectivity index (χ2n) is 16.9. The lowest BCUT2D eigenvalue weighted by molar-refractivity contribution is -0.319. The van der Waals surface area contributed by atoms with E-state index in [1.807, 2.05) is 32.8 Å². The van der Waals surface area contributed by atoms with Gasteiger partial charge in [0.25, 0.3) is 0 Å². The lowest BCUT2D eigenvalue weighted by Crippen LogP contribution is -2.61. The molecule has 0 aliphatic carbocycles. The van der Waals surface area contributed by atoms with Gasteiger partial charge < -0.3 is 63.6 Å². The highest BCUT2D eigenvalue weighted by molar-refractivity contribution is 5.83. The topological polar surface area (TPSA) is 203 Å². The van der Waals surface area contributed by atoms with Crippen LogP contribution in [0.5, 0.6) is 0 Å². The van der Waals surface area contributed by atoms with Gasteiger partial charge in [0.2, 0.25) is 0 Å². The first-order valence-corrected chi connectivity index (χ1v) is 19.9. The van der Waals surface area contributed by atoms with Crippen molar-refractivity contribution in [2.45, 2.75) is 186 Å². The molecule has 0 spiro atoms. The Kier molecular flexibility index (Phi) is 18.6. The van der Waals surface area contributed by atoms with E-state index in [4.69, 9.17) is 38.3 Å². The molecule has 3 heterocycles. The monoisotopic (exact) mass is 794 g/mol. The predicted molar refractivity (Wildman–Crippen MR) is 204 cm³/mol. The summed E-state index contributed by atoms with van der Waals surface area (Å²) in [5, 5.41) is 53.1. The van der Waals surface area contributed by atoms with Crippen LogP contribution in [-0.4, -0.2) is 161 Å². The molecule has 3 rings (SSSR count). The van der Waals surface area contributed by atoms with Crippen molar-refractivity contribution in [1.82, 2.24) is 4.90 Å². The highest BCUT2D eigenvalue weighted by Crippen LogP contribution is 2.41. The number of aliphatic hydroxyl groups excluding tert-OH is 4. The standard InChI is InChI=1S/C38H69NO13.C2H6O/c1-15-26-38(10,45)31(42)21(4)28(40)19(2)17-37(9,47-14)33(52-35-29(41)25(39(11)12)16-20(3)48-35)22(5)30(23(6)34(44)50-26)51-27-18-36(8,46-13)32(43)24(7)49-27;1-2-3/h19-27,29-33,35,41-43,45H,15-18H2,1-14H3;3H,2H2,1H3/t19-,20-,21+,22+,23-,24+,25+,26-,27+,29-,30+,31-,32+,33-,35+,36-,37-,38-;/m1./s1. The number of likely N-dealkylation sites (N-methyl/N-ethyl adjacent to an activating group) is 1. The van der Waals surface area contributed by atoms with Gasteiger partial charge in [-0.2, -0.15) is 0 Å². The molecule has 0 saturated carbocycles. The molecule has 15 heteroatoms. The molecule has 5 N–H and O–H groups in total. The molecular formula is C40H75NO14. The van der Waals surface area contributed by atoms with Crippen molar-refractivity contribution in [3.05, 3.63) is 0 Å². The SMILES string of the molecule is CCO.CC[C@H]1OC(=O)[C@H](C)[C@@H](O[C@H]2C[C@@](C)(OC)[C@@H](O)[C@H](C)O2)[C@H](C)[C@@H](O[C@@H]2O[C@H](C)C[C@H](N(C)C)[C@H]2O)[C@](C)(OC)C[C@@H](C)C(=O)[C@H](C)[C@@H](O)[C@]1(C)O. The molecule has 55 heavy (non-hydrogen) atoms. The third kappa shape index (κ3) is 11.4. The van der Waals surface area contributed by atoms with Crippen LogP contribution in [0.4, 0.5) is 0 Å². The van der Waals surface area contributed by atoms with Gasteiger partial charge in [0.15, 0.2) is 12.6 Å². The molecule has 3 saturated heterocycles. The molecule has 3 aliphatic heterocycles. The van der Waals surface area contributed by atoms with Crippen molar-refractivity contribution >= 4 is 11.8 Å². The number of esters is 1. The first-order valence-electron chi connectivity index (χ1n) is 19.9. The molecule has 18 atom stereocenters. The normalized spacial score (nSPS) is 46.7. The summed E-state index contributed by atoms with van der Waals surface area (Å²) in [6.45, 7) is 19.0. The molecule has 0 radical (unpaired) electrons. The zero-order valence-corrected chi connectivity index (χ0v) is 36.1. The minimum Gasteiger partial charge on any atom is -0.459 e. The number of cyclic esters (lactones) is 1. The van der Waals surface area contributed by atoms with Crippen LogP contribution in [0.2, 0.25) is 0 Å². The Morgan fingerprint density at radius 3 is 1.91 bits per heavy atom. The van der Waals surface area contributed by atoms with Gasteiger partial charge in [-0.1, -0.05) is 27.7 Å². The van der Waals surface area contributed by atoms with E-state index in [0.717, 1.165) is 0 Å². The predicted octanol–water partition coefficient (Wildman–Crippen LogP) is 2.44. The second kappa shape index (κ2) is 20.6. The highest BCUT2D eigenvalue weighted by Gasteiger charge is 2.54. The number of ketones is 1. The van der Waals surface area contributed by atoms with E-state index in [1.54, 1.807) is 55.4 Å². The minimum atomic E-state index is -1.96. The van der Waals surface area contributed by atoms with Crippen molar-refractivity contribution in [2.75, 3.05) is 34.9 Å². The molecule has 0 bridgehead atoms. The number of hydrogen-bond donors (Lipinski definition) is 5. The molecule has 0 aromatic heterocycles. The molecule has 0 aromatic rings. The van der Waals surface area contributed by atoms with E-state index in [2.05, 4.69) is 0 Å². The number of Topliss-reactive ketones (excluding diaryl/α,β-unsaturated/α-hetero) is 1. The van der Waals surface area contributed by atoms with Gasteiger partial charge in [-0.3, -0.25) is 9.59 Å². The van der Waals surface area contributed by atoms with Crippen LogP contribution < -0.4 is 0 Å². The number of methoxy groups -OCH3 is 2. The Hall–Kier alpha value is -1.34. The lowest BCUT2D eigenvalue weighted by atomic mass is 9.74. The first kappa shape index (κ1) is 49.8. The molecule has 3 fully saturated rings. The smallest absolute Gasteiger partial charge is 0.311 e. The third-order valence-corrected chi connectivity index (χ3v) is 12.3. The summed E-state index contributed by atoms with van der Waals surface area (Å²) in [6.07, 6.45) is -8.73. The summed E-state index contributed by atoms with van der Waals surface area (Å²) in [6, 6.07) is -0.283. The number of nitrogens with zero attached hydrogens (tertiary/aromatic N) is 1. The highest BCUT2D eigenvalue weighted by atomic mass is 16.7. The summed E-state index contributed by atoms with van der Waals surface area (Å²) in [5.74, 6) is -4.47. The maximum Gasteiger partial charge on any atom is 0.311 e. The zero-order chi connectivity index (χ0) is 42.4. The summed E-state index contributed by atoms with van der Waals surface area (Å²) in [5.41, 5.74) is -4.24. The van der Waals surface area contributed by atoms with E-state index in [-0.39, 0.29) is 43.8 Å². The molecular weight excluding hydrogens is 718 g/mol. The molecule has 3 aliphatic rings. The average molecular weight is 794 g/mol. The second-order valence-corrected chi connectivity index (χ2v) is 16.9. The summed E-state index contributed by atoms with van der Waals surface area (Å²) >= 11 is 0. The number of ether oxygens (including phenoxy) is 7. The summed E-state index contributed by atoms with van der Waals surface area (Å²) < 4.78 is 43.9. The number of carbonyl (C=O) groups excluding carboxylic acids is 2. The van der Waals surface area contributed by atoms with Crippen molar-refractivity contribution in [1.29, 1.82) is 0 Å². The fraction of sp³-hybridized carbons (Fsp3) is 0.950. The summed E-state index contributed by atoms with van der Waals surface area (Å²) in [7, 11) is 6.77. The molecule has 0 aromatic carbocycles. The molecule has 0 amide bonds. The van der Waals surface area contributed by atoms with Crippen LogP contribution in [0.25, 0.3) is 0 Å². The Morgan fingerprint density at radius 1 is 0.836 bits per heavy atom. The van der Waals surface area contributed by atoms with E-state index in [1.165, 1.54) is 21.1 Å². The number of carbonyl (C=O) groups is 2. The largest absolute Gasteiger partial charge is 0.459 e. The van der Waals surface area contributed by atoms with E-state index >= 15 is 0 Å². The third-order valence-electron chi connectivity index (χ3n) is 12.3. The first-order chi connectivity index (χ1) is 25.4. The quantitative estimate of drug-likeness (QED) is 0.224. The van der Waals surface area contributed by atoms with Crippen LogP contribution in [0.1, 0.15) is 102 Å². The number of rotatable bonds is 8. The maximum atomic E-state index is 14.2. The zero-order valence-electron chi connectivity index (χ0n) is 36.1. The molecule has 324 valence electrons. The van der Waals surface area contributed by atoms with Crippen molar-refractivity contribution in [3.63, 3.8) is 0 Å².